The highest BCUT2D eigenvalue weighted by Crippen LogP contribution is 2.15. The zero-order chi connectivity index (χ0) is 15.8. The van der Waals surface area contributed by atoms with E-state index in [1.165, 1.54) is 18.9 Å². The van der Waals surface area contributed by atoms with Gasteiger partial charge in [0, 0.05) is 12.5 Å². The second-order valence-electron chi connectivity index (χ2n) is 6.32. The van der Waals surface area contributed by atoms with Gasteiger partial charge in [-0.3, -0.25) is 4.79 Å². The molecule has 0 saturated carbocycles. The number of carbonyl (C=O) groups excluding carboxylic acids is 1. The third-order valence-electron chi connectivity index (χ3n) is 4.50. The van der Waals surface area contributed by atoms with Gasteiger partial charge >= 0.3 is 0 Å². The van der Waals surface area contributed by atoms with E-state index in [1.54, 1.807) is 12.1 Å². The summed E-state index contributed by atoms with van der Waals surface area (Å²) in [6, 6.07) is 6.78. The first-order valence-corrected chi connectivity index (χ1v) is 8.38. The lowest BCUT2D eigenvalue weighted by atomic mass is 9.96. The molecule has 130 valence electrons. The Labute approximate surface area is 144 Å². The van der Waals surface area contributed by atoms with Crippen molar-refractivity contribution in [3.8, 4) is 0 Å². The smallest absolute Gasteiger partial charge is 0.222 e. The number of carbonyl (C=O) groups is 1. The molecular formula is C18H28ClFN2O. The molecule has 0 spiro atoms. The summed E-state index contributed by atoms with van der Waals surface area (Å²) in [5.41, 5.74) is 0.690. The molecular weight excluding hydrogens is 315 g/mol. The van der Waals surface area contributed by atoms with E-state index < -0.39 is 0 Å². The Hall–Kier alpha value is -1.13. The number of piperidine rings is 1. The zero-order valence-electron chi connectivity index (χ0n) is 13.8. The molecule has 2 rings (SSSR count). The molecule has 2 atom stereocenters. The van der Waals surface area contributed by atoms with Crippen LogP contribution >= 0.6 is 12.4 Å². The lowest BCUT2D eigenvalue weighted by molar-refractivity contribution is -0.124. The second-order valence-corrected chi connectivity index (χ2v) is 6.32. The van der Waals surface area contributed by atoms with Crippen molar-refractivity contribution in [3.05, 3.63) is 35.6 Å². The minimum absolute atomic E-state index is 0. The van der Waals surface area contributed by atoms with Crippen molar-refractivity contribution in [2.24, 2.45) is 11.8 Å². The third-order valence-corrected chi connectivity index (χ3v) is 4.50. The van der Waals surface area contributed by atoms with Gasteiger partial charge in [-0.05, 0) is 62.7 Å². The monoisotopic (exact) mass is 342 g/mol. The van der Waals surface area contributed by atoms with Crippen molar-refractivity contribution in [1.29, 1.82) is 0 Å². The summed E-state index contributed by atoms with van der Waals surface area (Å²) in [7, 11) is 0. The van der Waals surface area contributed by atoms with Crippen molar-refractivity contribution in [3.63, 3.8) is 0 Å². The predicted octanol–water partition coefficient (Wildman–Crippen LogP) is 3.32. The molecule has 0 aliphatic carbocycles. The van der Waals surface area contributed by atoms with Gasteiger partial charge in [-0.1, -0.05) is 25.1 Å². The van der Waals surface area contributed by atoms with Crippen molar-refractivity contribution < 1.29 is 9.18 Å². The van der Waals surface area contributed by atoms with Crippen LogP contribution in [0.15, 0.2) is 24.3 Å². The van der Waals surface area contributed by atoms with E-state index in [-0.39, 0.29) is 30.0 Å². The van der Waals surface area contributed by atoms with Crippen LogP contribution in [0.2, 0.25) is 0 Å². The van der Waals surface area contributed by atoms with Crippen LogP contribution in [0.5, 0.6) is 0 Å². The molecule has 1 aliphatic heterocycles. The van der Waals surface area contributed by atoms with Crippen LogP contribution in [0.3, 0.4) is 0 Å². The molecule has 1 saturated heterocycles. The first kappa shape index (κ1) is 19.9. The van der Waals surface area contributed by atoms with E-state index in [4.69, 9.17) is 0 Å². The highest BCUT2D eigenvalue weighted by atomic mass is 35.5. The molecule has 0 bridgehead atoms. The number of halogens is 2. The maximum Gasteiger partial charge on any atom is 0.222 e. The fourth-order valence-electron chi connectivity index (χ4n) is 2.95. The number of rotatable bonds is 7. The Morgan fingerprint density at radius 2 is 2.22 bits per heavy atom. The quantitative estimate of drug-likeness (QED) is 0.798. The Bertz CT molecular complexity index is 478. The van der Waals surface area contributed by atoms with Gasteiger partial charge in [0.1, 0.15) is 5.82 Å². The molecule has 1 aromatic rings. The number of hydrogen-bond donors (Lipinski definition) is 2. The van der Waals surface area contributed by atoms with Crippen LogP contribution in [-0.4, -0.2) is 25.5 Å². The van der Waals surface area contributed by atoms with Crippen LogP contribution in [0, 0.1) is 17.7 Å². The van der Waals surface area contributed by atoms with Crippen LogP contribution < -0.4 is 10.6 Å². The molecule has 1 amide bonds. The fourth-order valence-corrected chi connectivity index (χ4v) is 2.95. The van der Waals surface area contributed by atoms with E-state index in [1.807, 2.05) is 13.0 Å². The number of aryl methyl sites for hydroxylation is 1. The molecule has 1 fully saturated rings. The summed E-state index contributed by atoms with van der Waals surface area (Å²) in [4.78, 5) is 12.1. The average molecular weight is 343 g/mol. The van der Waals surface area contributed by atoms with Crippen molar-refractivity contribution in [1.82, 2.24) is 10.6 Å². The zero-order valence-corrected chi connectivity index (χ0v) is 14.6. The SMILES string of the molecule is CC(CCc1ccccc1F)C(=O)NCCC1CCCNC1.Cl. The Morgan fingerprint density at radius 1 is 1.43 bits per heavy atom. The van der Waals surface area contributed by atoms with Crippen molar-refractivity contribution in [2.45, 2.75) is 39.0 Å². The van der Waals surface area contributed by atoms with Gasteiger partial charge in [0.05, 0.1) is 0 Å². The fraction of sp³-hybridized carbons (Fsp3) is 0.611. The average Bonchev–Trinajstić information content (AvgIpc) is 2.54. The molecule has 3 nitrogen and oxygen atoms in total. The standard InChI is InChI=1S/C18H27FN2O.ClH/c1-14(8-9-16-6-2-3-7-17(16)19)18(22)21-12-10-15-5-4-11-20-13-15;/h2-3,6-7,14-15,20H,4-5,8-13H2,1H3,(H,21,22);1H. The number of nitrogens with one attached hydrogen (secondary N) is 2. The molecule has 2 unspecified atom stereocenters. The summed E-state index contributed by atoms with van der Waals surface area (Å²) in [6.45, 7) is 4.85. The van der Waals surface area contributed by atoms with E-state index >= 15 is 0 Å². The van der Waals surface area contributed by atoms with Gasteiger partial charge in [0.2, 0.25) is 5.91 Å². The van der Waals surface area contributed by atoms with E-state index in [9.17, 15) is 9.18 Å². The first-order chi connectivity index (χ1) is 10.7. The predicted molar refractivity (Wildman–Crippen MR) is 94.4 cm³/mol. The van der Waals surface area contributed by atoms with Crippen LogP contribution in [0.1, 0.15) is 38.2 Å². The van der Waals surface area contributed by atoms with Gasteiger partial charge in [0.25, 0.3) is 0 Å². The minimum Gasteiger partial charge on any atom is -0.356 e. The lowest BCUT2D eigenvalue weighted by Crippen LogP contribution is -2.35. The van der Waals surface area contributed by atoms with Crippen LogP contribution in [-0.2, 0) is 11.2 Å². The van der Waals surface area contributed by atoms with Crippen LogP contribution in [0.4, 0.5) is 4.39 Å². The van der Waals surface area contributed by atoms with E-state index in [0.717, 1.165) is 26.1 Å². The number of amides is 1. The summed E-state index contributed by atoms with van der Waals surface area (Å²) in [5, 5.41) is 6.41. The normalized spacial score (nSPS) is 18.8. The number of hydrogen-bond acceptors (Lipinski definition) is 2. The molecule has 1 aliphatic rings. The van der Waals surface area contributed by atoms with Crippen molar-refractivity contribution >= 4 is 18.3 Å². The summed E-state index contributed by atoms with van der Waals surface area (Å²) in [6.07, 6.45) is 4.81. The molecule has 1 heterocycles. The first-order valence-electron chi connectivity index (χ1n) is 8.38. The van der Waals surface area contributed by atoms with Crippen molar-refractivity contribution in [2.75, 3.05) is 19.6 Å². The Balaban J connectivity index is 0.00000264. The highest BCUT2D eigenvalue weighted by Gasteiger charge is 2.16. The van der Waals surface area contributed by atoms with Gasteiger partial charge < -0.3 is 10.6 Å². The topological polar surface area (TPSA) is 41.1 Å². The molecule has 23 heavy (non-hydrogen) atoms. The molecule has 5 heteroatoms. The van der Waals surface area contributed by atoms with E-state index in [0.29, 0.717) is 24.3 Å². The van der Waals surface area contributed by atoms with Gasteiger partial charge in [-0.15, -0.1) is 12.4 Å². The van der Waals surface area contributed by atoms with E-state index in [2.05, 4.69) is 10.6 Å². The number of benzene rings is 1. The summed E-state index contributed by atoms with van der Waals surface area (Å²) < 4.78 is 13.5. The van der Waals surface area contributed by atoms with Gasteiger partial charge in [-0.2, -0.15) is 0 Å². The van der Waals surface area contributed by atoms with Crippen LogP contribution in [0.25, 0.3) is 0 Å². The highest BCUT2D eigenvalue weighted by molar-refractivity contribution is 5.85. The molecule has 0 radical (unpaired) electrons. The summed E-state index contributed by atoms with van der Waals surface area (Å²) in [5.74, 6) is 0.506. The Kier molecular flexibility index (Phi) is 9.19. The Morgan fingerprint density at radius 3 is 2.91 bits per heavy atom. The molecule has 1 aromatic carbocycles. The third kappa shape index (κ3) is 6.88. The minimum atomic E-state index is -0.181. The maximum absolute atomic E-state index is 13.5. The molecule has 2 N–H and O–H groups in total. The molecule has 0 aromatic heterocycles. The largest absolute Gasteiger partial charge is 0.356 e. The summed E-state index contributed by atoms with van der Waals surface area (Å²) >= 11 is 0. The van der Waals surface area contributed by atoms with Gasteiger partial charge in [-0.25, -0.2) is 4.39 Å². The maximum atomic E-state index is 13.5. The lowest BCUT2D eigenvalue weighted by Gasteiger charge is -2.23. The van der Waals surface area contributed by atoms with Gasteiger partial charge in [0.15, 0.2) is 0 Å². The second kappa shape index (κ2) is 10.6.